The minimum absolute atomic E-state index is 0.0409. The average molecular weight is 330 g/mol. The Labute approximate surface area is 128 Å². The number of halogens is 1. The maximum Gasteiger partial charge on any atom is 0.263 e. The van der Waals surface area contributed by atoms with Crippen molar-refractivity contribution in [2.24, 2.45) is 0 Å². The number of nitrogens with one attached hydrogen (secondary N) is 1. The van der Waals surface area contributed by atoms with Crippen molar-refractivity contribution < 1.29 is 13.2 Å². The SMILES string of the molecule is COc1ccc(Cl)c(S(=O)(=O)Nc2cnn(C(C)C)c2)c1. The zero-order valence-electron chi connectivity index (χ0n) is 11.9. The number of hydrogen-bond acceptors (Lipinski definition) is 4. The van der Waals surface area contributed by atoms with E-state index in [4.69, 9.17) is 16.3 Å². The molecule has 0 aliphatic carbocycles. The smallest absolute Gasteiger partial charge is 0.263 e. The van der Waals surface area contributed by atoms with Gasteiger partial charge in [0.2, 0.25) is 0 Å². The maximum absolute atomic E-state index is 12.4. The first-order chi connectivity index (χ1) is 9.83. The van der Waals surface area contributed by atoms with Crippen LogP contribution in [-0.2, 0) is 10.0 Å². The number of rotatable bonds is 5. The molecule has 114 valence electrons. The number of aromatic nitrogens is 2. The van der Waals surface area contributed by atoms with E-state index < -0.39 is 10.0 Å². The van der Waals surface area contributed by atoms with Gasteiger partial charge in [-0.05, 0) is 26.0 Å². The summed E-state index contributed by atoms with van der Waals surface area (Å²) in [6.45, 7) is 3.90. The first-order valence-corrected chi connectivity index (χ1v) is 8.10. The Hall–Kier alpha value is -1.73. The van der Waals surface area contributed by atoms with E-state index in [1.54, 1.807) is 16.9 Å². The van der Waals surface area contributed by atoms with Crippen LogP contribution in [0.2, 0.25) is 5.02 Å². The summed E-state index contributed by atoms with van der Waals surface area (Å²) in [5, 5.41) is 4.21. The summed E-state index contributed by atoms with van der Waals surface area (Å²) < 4.78 is 33.9. The monoisotopic (exact) mass is 329 g/mol. The molecule has 1 N–H and O–H groups in total. The third-order valence-corrected chi connectivity index (χ3v) is 4.67. The molecule has 2 aromatic rings. The van der Waals surface area contributed by atoms with Gasteiger partial charge in [-0.25, -0.2) is 8.42 Å². The lowest BCUT2D eigenvalue weighted by atomic mass is 10.3. The highest BCUT2D eigenvalue weighted by atomic mass is 35.5. The van der Waals surface area contributed by atoms with Crippen molar-refractivity contribution in [1.29, 1.82) is 0 Å². The quantitative estimate of drug-likeness (QED) is 0.915. The molecule has 0 radical (unpaired) electrons. The Bertz CT molecular complexity index is 741. The Kier molecular flexibility index (Phi) is 4.43. The van der Waals surface area contributed by atoms with Crippen LogP contribution in [0.15, 0.2) is 35.5 Å². The zero-order chi connectivity index (χ0) is 15.6. The van der Waals surface area contributed by atoms with Crippen LogP contribution in [-0.4, -0.2) is 25.3 Å². The number of hydrogen-bond donors (Lipinski definition) is 1. The molecule has 21 heavy (non-hydrogen) atoms. The number of ether oxygens (including phenoxy) is 1. The van der Waals surface area contributed by atoms with Gasteiger partial charge in [0.25, 0.3) is 10.0 Å². The largest absolute Gasteiger partial charge is 0.497 e. The van der Waals surface area contributed by atoms with Crippen molar-refractivity contribution in [3.63, 3.8) is 0 Å². The molecule has 0 atom stereocenters. The summed E-state index contributed by atoms with van der Waals surface area (Å²) in [7, 11) is -2.35. The number of nitrogens with zero attached hydrogens (tertiary/aromatic N) is 2. The number of benzene rings is 1. The third-order valence-electron chi connectivity index (χ3n) is 2.81. The molecule has 0 bridgehead atoms. The van der Waals surface area contributed by atoms with Crippen LogP contribution in [0.1, 0.15) is 19.9 Å². The van der Waals surface area contributed by atoms with Crippen LogP contribution in [0.25, 0.3) is 0 Å². The topological polar surface area (TPSA) is 73.2 Å². The lowest BCUT2D eigenvalue weighted by Crippen LogP contribution is -2.13. The molecule has 0 spiro atoms. The lowest BCUT2D eigenvalue weighted by Gasteiger charge is -2.09. The van der Waals surface area contributed by atoms with E-state index in [0.717, 1.165) is 0 Å². The second-order valence-corrected chi connectivity index (χ2v) is 6.76. The van der Waals surface area contributed by atoms with E-state index >= 15 is 0 Å². The molecule has 1 heterocycles. The second kappa shape index (κ2) is 5.95. The van der Waals surface area contributed by atoms with Gasteiger partial charge in [-0.15, -0.1) is 0 Å². The molecule has 2 rings (SSSR count). The maximum atomic E-state index is 12.4. The molecule has 1 aromatic carbocycles. The fourth-order valence-electron chi connectivity index (χ4n) is 1.70. The van der Waals surface area contributed by atoms with E-state index in [1.807, 2.05) is 13.8 Å². The van der Waals surface area contributed by atoms with Crippen LogP contribution in [0.3, 0.4) is 0 Å². The van der Waals surface area contributed by atoms with Gasteiger partial charge in [0.1, 0.15) is 10.6 Å². The van der Waals surface area contributed by atoms with Gasteiger partial charge in [-0.1, -0.05) is 11.6 Å². The predicted molar refractivity (Wildman–Crippen MR) is 81.4 cm³/mol. The molecular formula is C13H16ClN3O3S. The molecular weight excluding hydrogens is 314 g/mol. The third kappa shape index (κ3) is 3.48. The van der Waals surface area contributed by atoms with Crippen LogP contribution >= 0.6 is 11.6 Å². The van der Waals surface area contributed by atoms with Crippen molar-refractivity contribution in [1.82, 2.24) is 9.78 Å². The number of anilines is 1. The number of methoxy groups -OCH3 is 1. The fourth-order valence-corrected chi connectivity index (χ4v) is 3.24. The first kappa shape index (κ1) is 15.7. The molecule has 6 nitrogen and oxygen atoms in total. The van der Waals surface area contributed by atoms with Crippen molar-refractivity contribution in [3.05, 3.63) is 35.6 Å². The normalized spacial score (nSPS) is 11.7. The van der Waals surface area contributed by atoms with Gasteiger partial charge in [0.05, 0.1) is 24.0 Å². The Morgan fingerprint density at radius 3 is 2.67 bits per heavy atom. The van der Waals surface area contributed by atoms with Gasteiger partial charge in [-0.2, -0.15) is 5.10 Å². The van der Waals surface area contributed by atoms with Crippen LogP contribution < -0.4 is 9.46 Å². The minimum atomic E-state index is -3.80. The molecule has 0 saturated carbocycles. The van der Waals surface area contributed by atoms with E-state index in [0.29, 0.717) is 11.4 Å². The zero-order valence-corrected chi connectivity index (χ0v) is 13.4. The van der Waals surface area contributed by atoms with Gasteiger partial charge < -0.3 is 4.74 Å². The summed E-state index contributed by atoms with van der Waals surface area (Å²) in [5.41, 5.74) is 0.377. The molecule has 0 fully saturated rings. The van der Waals surface area contributed by atoms with Crippen molar-refractivity contribution in [2.75, 3.05) is 11.8 Å². The van der Waals surface area contributed by atoms with E-state index in [-0.39, 0.29) is 16.0 Å². The predicted octanol–water partition coefficient (Wildman–Crippen LogP) is 2.93. The fraction of sp³-hybridized carbons (Fsp3) is 0.308. The lowest BCUT2D eigenvalue weighted by molar-refractivity contribution is 0.413. The van der Waals surface area contributed by atoms with Gasteiger partial charge in [0.15, 0.2) is 0 Å². The molecule has 8 heteroatoms. The molecule has 0 saturated heterocycles. The van der Waals surface area contributed by atoms with Crippen LogP contribution in [0, 0.1) is 0 Å². The van der Waals surface area contributed by atoms with E-state index in [9.17, 15) is 8.42 Å². The summed E-state index contributed by atoms with van der Waals surface area (Å²) in [4.78, 5) is -0.0409. The molecule has 0 amide bonds. The number of sulfonamides is 1. The summed E-state index contributed by atoms with van der Waals surface area (Å²) in [6.07, 6.45) is 3.07. The Balaban J connectivity index is 2.33. The average Bonchev–Trinajstić information content (AvgIpc) is 2.87. The molecule has 0 aliphatic heterocycles. The highest BCUT2D eigenvalue weighted by Gasteiger charge is 2.20. The second-order valence-electron chi connectivity index (χ2n) is 4.70. The first-order valence-electron chi connectivity index (χ1n) is 6.24. The van der Waals surface area contributed by atoms with Gasteiger partial charge in [0, 0.05) is 18.3 Å². The summed E-state index contributed by atoms with van der Waals surface area (Å²) in [5.74, 6) is 0.414. The highest BCUT2D eigenvalue weighted by Crippen LogP contribution is 2.27. The van der Waals surface area contributed by atoms with E-state index in [2.05, 4.69) is 9.82 Å². The van der Waals surface area contributed by atoms with Crippen molar-refractivity contribution >= 4 is 27.3 Å². The van der Waals surface area contributed by atoms with Crippen molar-refractivity contribution in [2.45, 2.75) is 24.8 Å². The molecule has 0 unspecified atom stereocenters. The Morgan fingerprint density at radius 1 is 1.38 bits per heavy atom. The molecule has 1 aromatic heterocycles. The van der Waals surface area contributed by atoms with Crippen molar-refractivity contribution in [3.8, 4) is 5.75 Å². The molecule has 0 aliphatic rings. The van der Waals surface area contributed by atoms with E-state index in [1.165, 1.54) is 25.4 Å². The Morgan fingerprint density at radius 2 is 2.10 bits per heavy atom. The standard InChI is InChI=1S/C13H16ClN3O3S/c1-9(2)17-8-10(7-15-17)16-21(18,19)13-6-11(20-3)4-5-12(13)14/h4-9,16H,1-3H3. The minimum Gasteiger partial charge on any atom is -0.497 e. The summed E-state index contributed by atoms with van der Waals surface area (Å²) >= 11 is 5.96. The van der Waals surface area contributed by atoms with Crippen LogP contribution in [0.5, 0.6) is 5.75 Å². The summed E-state index contributed by atoms with van der Waals surface area (Å²) in [6, 6.07) is 4.59. The van der Waals surface area contributed by atoms with Gasteiger partial charge in [-0.3, -0.25) is 9.40 Å². The highest BCUT2D eigenvalue weighted by molar-refractivity contribution is 7.92. The van der Waals surface area contributed by atoms with Crippen LogP contribution in [0.4, 0.5) is 5.69 Å². The van der Waals surface area contributed by atoms with Gasteiger partial charge >= 0.3 is 0 Å².